The number of esters is 1. The Morgan fingerprint density at radius 3 is 1.15 bits per heavy atom. The van der Waals surface area contributed by atoms with E-state index in [2.05, 4.69) is 43.5 Å². The smallest absolute Gasteiger partial charge is 0.305 e. The van der Waals surface area contributed by atoms with E-state index in [1.807, 2.05) is 0 Å². The maximum atomic E-state index is 12.4. The predicted octanol–water partition coefficient (Wildman–Crippen LogP) is 16.7. The van der Waals surface area contributed by atoms with Gasteiger partial charge in [-0.3, -0.25) is 9.59 Å². The molecule has 0 aliphatic heterocycles. The van der Waals surface area contributed by atoms with E-state index in [1.54, 1.807) is 0 Å². The molecular weight excluding hydrogens is 767 g/mol. The van der Waals surface area contributed by atoms with Crippen molar-refractivity contribution in [2.24, 2.45) is 0 Å². The molecule has 2 unspecified atom stereocenters. The molecule has 0 fully saturated rings. The third kappa shape index (κ3) is 47.8. The van der Waals surface area contributed by atoms with E-state index in [1.165, 1.54) is 193 Å². The number of hydrogen-bond donors (Lipinski definition) is 3. The summed E-state index contributed by atoms with van der Waals surface area (Å²) in [5.41, 5.74) is 0. The molecule has 0 aliphatic carbocycles. The van der Waals surface area contributed by atoms with Crippen molar-refractivity contribution in [2.75, 3.05) is 13.2 Å². The van der Waals surface area contributed by atoms with Gasteiger partial charge in [0.25, 0.3) is 0 Å². The topological polar surface area (TPSA) is 95.9 Å². The quantitative estimate of drug-likeness (QED) is 0.0321. The van der Waals surface area contributed by atoms with Crippen LogP contribution in [0.25, 0.3) is 0 Å². The SMILES string of the molecule is CCCCCCCCC/C=C\CCCCCCCCCC(=O)OCCCCCC/C=C\CCCCCCCCCC(=O)NC(CO)C(O)CCCCCCCCCCCCCC. The fourth-order valence-electron chi connectivity index (χ4n) is 8.45. The van der Waals surface area contributed by atoms with Gasteiger partial charge in [0.2, 0.25) is 5.91 Å². The van der Waals surface area contributed by atoms with Crippen LogP contribution in [0, 0.1) is 0 Å². The molecule has 0 aromatic carbocycles. The number of amides is 1. The van der Waals surface area contributed by atoms with Crippen LogP contribution < -0.4 is 5.32 Å². The molecule has 2 atom stereocenters. The van der Waals surface area contributed by atoms with Crippen LogP contribution in [0.4, 0.5) is 0 Å². The Balaban J connectivity index is 3.45. The number of allylic oxidation sites excluding steroid dienone is 4. The van der Waals surface area contributed by atoms with Crippen molar-refractivity contribution in [1.29, 1.82) is 0 Å². The number of unbranched alkanes of at least 4 members (excludes halogenated alkanes) is 36. The van der Waals surface area contributed by atoms with Crippen LogP contribution in [-0.2, 0) is 14.3 Å². The van der Waals surface area contributed by atoms with Crippen LogP contribution in [0.3, 0.4) is 0 Å². The summed E-state index contributed by atoms with van der Waals surface area (Å²) in [6.45, 7) is 4.91. The summed E-state index contributed by atoms with van der Waals surface area (Å²) in [5.74, 6) is -0.0637. The van der Waals surface area contributed by atoms with Crippen LogP contribution in [-0.4, -0.2) is 47.4 Å². The third-order valence-electron chi connectivity index (χ3n) is 12.7. The molecule has 1 amide bonds. The first-order valence-electron chi connectivity index (χ1n) is 27.6. The van der Waals surface area contributed by atoms with Crippen LogP contribution in [0.5, 0.6) is 0 Å². The Bertz CT molecular complexity index is 966. The van der Waals surface area contributed by atoms with Gasteiger partial charge in [-0.1, -0.05) is 231 Å². The van der Waals surface area contributed by atoms with Gasteiger partial charge in [0, 0.05) is 12.8 Å². The molecule has 0 rings (SSSR count). The number of hydrogen-bond acceptors (Lipinski definition) is 5. The van der Waals surface area contributed by atoms with Crippen LogP contribution in [0.15, 0.2) is 24.3 Å². The molecule has 0 aromatic rings. The summed E-state index contributed by atoms with van der Waals surface area (Å²) in [6, 6.07) is -0.552. The van der Waals surface area contributed by atoms with E-state index >= 15 is 0 Å². The van der Waals surface area contributed by atoms with Gasteiger partial charge in [-0.15, -0.1) is 0 Å². The van der Waals surface area contributed by atoms with E-state index in [4.69, 9.17) is 4.74 Å². The summed E-state index contributed by atoms with van der Waals surface area (Å²) >= 11 is 0. The number of nitrogens with one attached hydrogen (secondary N) is 1. The predicted molar refractivity (Wildman–Crippen MR) is 269 cm³/mol. The zero-order valence-electron chi connectivity index (χ0n) is 41.6. The molecule has 366 valence electrons. The molecule has 0 spiro atoms. The highest BCUT2D eigenvalue weighted by Gasteiger charge is 2.20. The van der Waals surface area contributed by atoms with Gasteiger partial charge in [0.1, 0.15) is 0 Å². The Labute approximate surface area is 386 Å². The normalized spacial score (nSPS) is 12.8. The fraction of sp³-hybridized carbons (Fsp3) is 0.893. The van der Waals surface area contributed by atoms with Crippen LogP contribution in [0.1, 0.15) is 296 Å². The molecule has 0 bridgehead atoms. The van der Waals surface area contributed by atoms with E-state index in [9.17, 15) is 19.8 Å². The number of ether oxygens (including phenoxy) is 1. The number of carbonyl (C=O) groups excluding carboxylic acids is 2. The number of aliphatic hydroxyl groups is 2. The lowest BCUT2D eigenvalue weighted by Gasteiger charge is -2.22. The lowest BCUT2D eigenvalue weighted by atomic mass is 10.0. The Morgan fingerprint density at radius 1 is 0.435 bits per heavy atom. The summed E-state index contributed by atoms with van der Waals surface area (Å²) in [4.78, 5) is 24.5. The Morgan fingerprint density at radius 2 is 0.758 bits per heavy atom. The number of rotatable bonds is 51. The number of aliphatic hydroxyl groups excluding tert-OH is 2. The fourth-order valence-corrected chi connectivity index (χ4v) is 8.45. The molecule has 6 heteroatoms. The Kier molecular flexibility index (Phi) is 50.6. The average molecular weight is 874 g/mol. The van der Waals surface area contributed by atoms with Crippen molar-refractivity contribution in [2.45, 2.75) is 309 Å². The highest BCUT2D eigenvalue weighted by molar-refractivity contribution is 5.76. The van der Waals surface area contributed by atoms with Crippen LogP contribution >= 0.6 is 0 Å². The largest absolute Gasteiger partial charge is 0.466 e. The average Bonchev–Trinajstić information content (AvgIpc) is 3.27. The maximum Gasteiger partial charge on any atom is 0.305 e. The maximum absolute atomic E-state index is 12.4. The zero-order valence-corrected chi connectivity index (χ0v) is 41.6. The summed E-state index contributed by atoms with van der Waals surface area (Å²) in [7, 11) is 0. The molecule has 0 aliphatic rings. The zero-order chi connectivity index (χ0) is 45.1. The van der Waals surface area contributed by atoms with Crippen molar-refractivity contribution in [3.05, 3.63) is 24.3 Å². The minimum atomic E-state index is -0.673. The van der Waals surface area contributed by atoms with Crippen molar-refractivity contribution in [1.82, 2.24) is 5.32 Å². The van der Waals surface area contributed by atoms with Crippen molar-refractivity contribution >= 4 is 11.9 Å². The van der Waals surface area contributed by atoms with E-state index < -0.39 is 12.1 Å². The standard InChI is InChI=1S/C56H107NO5/c1-3-5-7-9-11-13-15-17-18-19-20-23-26-30-34-38-42-46-50-56(61)62-51-47-43-39-35-31-27-24-21-22-25-29-33-37-41-45-49-55(60)57-53(52-58)54(59)48-44-40-36-32-28-16-14-12-10-8-6-4-2/h18-19,24,27,53-54,58-59H,3-17,20-23,25-26,28-52H2,1-2H3,(H,57,60)/b19-18-,27-24-. The van der Waals surface area contributed by atoms with Gasteiger partial charge < -0.3 is 20.3 Å². The molecule has 62 heavy (non-hydrogen) atoms. The molecule has 0 radical (unpaired) electrons. The molecular formula is C56H107NO5. The van der Waals surface area contributed by atoms with Gasteiger partial charge in [0.15, 0.2) is 0 Å². The van der Waals surface area contributed by atoms with E-state index in [0.717, 1.165) is 70.6 Å². The summed E-state index contributed by atoms with van der Waals surface area (Å²) in [5, 5.41) is 23.2. The molecule has 0 saturated carbocycles. The van der Waals surface area contributed by atoms with Gasteiger partial charge in [-0.25, -0.2) is 0 Å². The summed E-state index contributed by atoms with van der Waals surface area (Å²) < 4.78 is 5.47. The minimum Gasteiger partial charge on any atom is -0.466 e. The first-order valence-corrected chi connectivity index (χ1v) is 27.6. The van der Waals surface area contributed by atoms with Crippen molar-refractivity contribution in [3.63, 3.8) is 0 Å². The highest BCUT2D eigenvalue weighted by Crippen LogP contribution is 2.16. The summed E-state index contributed by atoms with van der Waals surface area (Å²) in [6.07, 6.45) is 61.6. The second-order valence-corrected chi connectivity index (χ2v) is 18.9. The van der Waals surface area contributed by atoms with E-state index in [0.29, 0.717) is 25.9 Å². The van der Waals surface area contributed by atoms with E-state index in [-0.39, 0.29) is 18.5 Å². The lowest BCUT2D eigenvalue weighted by molar-refractivity contribution is -0.143. The van der Waals surface area contributed by atoms with Gasteiger partial charge >= 0.3 is 5.97 Å². The molecule has 0 saturated heterocycles. The minimum absolute atomic E-state index is 0.0130. The number of carbonyl (C=O) groups is 2. The molecule has 0 aromatic heterocycles. The van der Waals surface area contributed by atoms with Crippen LogP contribution in [0.2, 0.25) is 0 Å². The first-order chi connectivity index (χ1) is 30.5. The Hall–Kier alpha value is -1.66. The van der Waals surface area contributed by atoms with Gasteiger partial charge in [-0.05, 0) is 77.0 Å². The second kappa shape index (κ2) is 52.0. The second-order valence-electron chi connectivity index (χ2n) is 18.9. The lowest BCUT2D eigenvalue weighted by Crippen LogP contribution is -2.45. The molecule has 3 N–H and O–H groups in total. The molecule has 0 heterocycles. The monoisotopic (exact) mass is 874 g/mol. The highest BCUT2D eigenvalue weighted by atomic mass is 16.5. The third-order valence-corrected chi connectivity index (χ3v) is 12.7. The van der Waals surface area contributed by atoms with Crippen molar-refractivity contribution in [3.8, 4) is 0 Å². The first kappa shape index (κ1) is 60.3. The van der Waals surface area contributed by atoms with Gasteiger partial charge in [-0.2, -0.15) is 0 Å². The van der Waals surface area contributed by atoms with Gasteiger partial charge in [0.05, 0.1) is 25.4 Å². The van der Waals surface area contributed by atoms with Crippen molar-refractivity contribution < 1.29 is 24.5 Å². The molecule has 6 nitrogen and oxygen atoms in total.